The molecule has 0 atom stereocenters. The Morgan fingerprint density at radius 3 is 2.68 bits per heavy atom. The van der Waals surface area contributed by atoms with E-state index in [2.05, 4.69) is 10.9 Å². The lowest BCUT2D eigenvalue weighted by Crippen LogP contribution is -2.22. The molecule has 0 saturated carbocycles. The van der Waals surface area contributed by atoms with Gasteiger partial charge in [-0.2, -0.15) is 5.26 Å². The van der Waals surface area contributed by atoms with Gasteiger partial charge in [0.25, 0.3) is 0 Å². The van der Waals surface area contributed by atoms with Crippen molar-refractivity contribution in [2.75, 3.05) is 20.6 Å². The molecule has 0 radical (unpaired) electrons. The molecule has 1 heterocycles. The van der Waals surface area contributed by atoms with Crippen molar-refractivity contribution in [1.29, 1.82) is 5.26 Å². The van der Waals surface area contributed by atoms with Crippen LogP contribution in [-0.4, -0.2) is 37.9 Å². The van der Waals surface area contributed by atoms with Crippen LogP contribution in [0.3, 0.4) is 0 Å². The van der Waals surface area contributed by atoms with Crippen molar-refractivity contribution in [2.24, 2.45) is 0 Å². The molecule has 0 spiro atoms. The van der Waals surface area contributed by atoms with Crippen LogP contribution >= 0.6 is 11.8 Å². The van der Waals surface area contributed by atoms with Crippen molar-refractivity contribution in [1.82, 2.24) is 13.7 Å². The third kappa shape index (κ3) is 4.50. The number of nitrogens with zero attached hydrogens (tertiary/aromatic N) is 3. The van der Waals surface area contributed by atoms with Gasteiger partial charge in [0.1, 0.15) is 5.83 Å². The SMILES string of the molecule is Cc1c(-c2cccc(S(=O)(=O)N(C)C)c2)c2cc(C#N)ccc2n1C/C(F)=C/CNCl. The van der Waals surface area contributed by atoms with Gasteiger partial charge >= 0.3 is 0 Å². The molecular formula is C22H22ClFN4O2S. The van der Waals surface area contributed by atoms with Gasteiger partial charge in [0.05, 0.1) is 23.1 Å². The van der Waals surface area contributed by atoms with Crippen molar-refractivity contribution in [2.45, 2.75) is 18.4 Å². The number of allylic oxidation sites excluding steroid dienone is 1. The van der Waals surface area contributed by atoms with Gasteiger partial charge in [0, 0.05) is 42.8 Å². The average molecular weight is 461 g/mol. The topological polar surface area (TPSA) is 78.1 Å². The molecule has 0 bridgehead atoms. The Labute approximate surface area is 186 Å². The summed E-state index contributed by atoms with van der Waals surface area (Å²) in [6, 6.07) is 13.9. The summed E-state index contributed by atoms with van der Waals surface area (Å²) in [7, 11) is -0.673. The molecule has 9 heteroatoms. The number of aromatic nitrogens is 1. The first-order chi connectivity index (χ1) is 14.7. The van der Waals surface area contributed by atoms with Crippen LogP contribution in [0.15, 0.2) is 59.3 Å². The van der Waals surface area contributed by atoms with Crippen LogP contribution in [0.1, 0.15) is 11.3 Å². The van der Waals surface area contributed by atoms with Crippen LogP contribution in [0.25, 0.3) is 22.0 Å². The third-order valence-electron chi connectivity index (χ3n) is 5.06. The fourth-order valence-corrected chi connectivity index (χ4v) is 4.53. The molecule has 6 nitrogen and oxygen atoms in total. The van der Waals surface area contributed by atoms with E-state index in [0.29, 0.717) is 11.1 Å². The van der Waals surface area contributed by atoms with E-state index < -0.39 is 10.0 Å². The fraction of sp³-hybridized carbons (Fsp3) is 0.227. The van der Waals surface area contributed by atoms with Gasteiger partial charge in [0.15, 0.2) is 0 Å². The van der Waals surface area contributed by atoms with Crippen molar-refractivity contribution in [3.8, 4) is 17.2 Å². The van der Waals surface area contributed by atoms with Crippen LogP contribution in [0.5, 0.6) is 0 Å². The standard InChI is InChI=1S/C22H22ClFN4O2S/c1-15-22(17-5-4-6-19(12-17)31(29,30)27(2)3)20-11-16(13-25)7-8-21(20)28(15)14-18(24)9-10-26-23/h4-9,11-12,26H,10,14H2,1-3H3/b18-9-. The molecule has 2 aromatic carbocycles. The minimum Gasteiger partial charge on any atom is -0.337 e. The van der Waals surface area contributed by atoms with E-state index >= 15 is 0 Å². The Balaban J connectivity index is 2.26. The summed E-state index contributed by atoms with van der Waals surface area (Å²) in [6.45, 7) is 2.02. The lowest BCUT2D eigenvalue weighted by Gasteiger charge is -2.13. The lowest BCUT2D eigenvalue weighted by molar-refractivity contribution is 0.521. The highest BCUT2D eigenvalue weighted by Crippen LogP contribution is 2.36. The summed E-state index contributed by atoms with van der Waals surface area (Å²) in [5.41, 5.74) is 3.39. The molecule has 162 valence electrons. The summed E-state index contributed by atoms with van der Waals surface area (Å²) < 4.78 is 42.7. The summed E-state index contributed by atoms with van der Waals surface area (Å²) >= 11 is 5.42. The number of hydrogen-bond acceptors (Lipinski definition) is 4. The van der Waals surface area contributed by atoms with E-state index in [0.717, 1.165) is 26.5 Å². The Bertz CT molecular complexity index is 1310. The first kappa shape index (κ1) is 23.0. The number of nitriles is 1. The predicted octanol–water partition coefficient (Wildman–Crippen LogP) is 4.34. The predicted molar refractivity (Wildman–Crippen MR) is 121 cm³/mol. The number of benzene rings is 2. The number of fused-ring (bicyclic) bond motifs is 1. The maximum absolute atomic E-state index is 14.5. The molecule has 0 amide bonds. The highest BCUT2D eigenvalue weighted by molar-refractivity contribution is 7.89. The largest absolute Gasteiger partial charge is 0.337 e. The zero-order chi connectivity index (χ0) is 22.8. The zero-order valence-electron chi connectivity index (χ0n) is 17.4. The fourth-order valence-electron chi connectivity index (χ4n) is 3.51. The maximum Gasteiger partial charge on any atom is 0.242 e. The number of sulfonamides is 1. The molecule has 31 heavy (non-hydrogen) atoms. The molecule has 1 N–H and O–H groups in total. The smallest absolute Gasteiger partial charge is 0.242 e. The van der Waals surface area contributed by atoms with E-state index in [4.69, 9.17) is 11.8 Å². The highest BCUT2D eigenvalue weighted by atomic mass is 35.5. The molecule has 0 aliphatic carbocycles. The second-order valence-corrected chi connectivity index (χ2v) is 9.61. The third-order valence-corrected chi connectivity index (χ3v) is 7.03. The lowest BCUT2D eigenvalue weighted by atomic mass is 10.0. The van der Waals surface area contributed by atoms with E-state index in [1.54, 1.807) is 34.9 Å². The highest BCUT2D eigenvalue weighted by Gasteiger charge is 2.21. The summed E-state index contributed by atoms with van der Waals surface area (Å²) in [5, 5.41) is 10.1. The first-order valence-corrected chi connectivity index (χ1v) is 11.3. The van der Waals surface area contributed by atoms with E-state index in [9.17, 15) is 18.1 Å². The van der Waals surface area contributed by atoms with Gasteiger partial charge < -0.3 is 4.57 Å². The molecular weight excluding hydrogens is 439 g/mol. The summed E-state index contributed by atoms with van der Waals surface area (Å²) in [4.78, 5) is 2.52. The quantitative estimate of drug-likeness (QED) is 0.532. The maximum atomic E-state index is 14.5. The normalized spacial score (nSPS) is 12.5. The van der Waals surface area contributed by atoms with E-state index in [1.807, 2.05) is 13.0 Å². The van der Waals surface area contributed by atoms with Gasteiger partial charge in [-0.05, 0) is 60.7 Å². The molecule has 0 aliphatic heterocycles. The van der Waals surface area contributed by atoms with Crippen LogP contribution in [-0.2, 0) is 16.6 Å². The molecule has 0 unspecified atom stereocenters. The molecule has 0 saturated heterocycles. The van der Waals surface area contributed by atoms with Crippen molar-refractivity contribution >= 4 is 32.7 Å². The van der Waals surface area contributed by atoms with Crippen LogP contribution in [0, 0.1) is 18.3 Å². The second kappa shape index (κ2) is 9.20. The Morgan fingerprint density at radius 1 is 1.29 bits per heavy atom. The number of nitrogens with one attached hydrogen (secondary N) is 1. The summed E-state index contributed by atoms with van der Waals surface area (Å²) in [6.07, 6.45) is 1.35. The minimum absolute atomic E-state index is 0.0114. The molecule has 0 fully saturated rings. The van der Waals surface area contributed by atoms with Crippen LogP contribution in [0.4, 0.5) is 4.39 Å². The van der Waals surface area contributed by atoms with Gasteiger partial charge in [0.2, 0.25) is 10.0 Å². The van der Waals surface area contributed by atoms with Gasteiger partial charge in [-0.3, -0.25) is 0 Å². The zero-order valence-corrected chi connectivity index (χ0v) is 18.9. The molecule has 3 rings (SSSR count). The Morgan fingerprint density at radius 2 is 2.03 bits per heavy atom. The number of rotatable bonds is 7. The van der Waals surface area contributed by atoms with Crippen molar-refractivity contribution in [3.63, 3.8) is 0 Å². The Hall–Kier alpha value is -2.70. The summed E-state index contributed by atoms with van der Waals surface area (Å²) in [5.74, 6) is -0.368. The van der Waals surface area contributed by atoms with Gasteiger partial charge in [-0.15, -0.1) is 0 Å². The molecule has 0 aliphatic rings. The van der Waals surface area contributed by atoms with Crippen molar-refractivity contribution in [3.05, 3.63) is 65.6 Å². The van der Waals surface area contributed by atoms with Crippen LogP contribution < -0.4 is 4.84 Å². The van der Waals surface area contributed by atoms with Gasteiger partial charge in [-0.1, -0.05) is 12.1 Å². The molecule has 1 aromatic heterocycles. The first-order valence-electron chi connectivity index (χ1n) is 9.44. The van der Waals surface area contributed by atoms with E-state index in [1.165, 1.54) is 26.2 Å². The minimum atomic E-state index is -3.62. The second-order valence-electron chi connectivity index (χ2n) is 7.19. The van der Waals surface area contributed by atoms with E-state index in [-0.39, 0.29) is 23.8 Å². The van der Waals surface area contributed by atoms with Crippen molar-refractivity contribution < 1.29 is 12.8 Å². The average Bonchev–Trinajstić information content (AvgIpc) is 3.02. The molecule has 3 aromatic rings. The van der Waals surface area contributed by atoms with Gasteiger partial charge in [-0.25, -0.2) is 21.9 Å². The number of hydrogen-bond donors (Lipinski definition) is 1. The monoisotopic (exact) mass is 460 g/mol. The number of halogens is 2. The Kier molecular flexibility index (Phi) is 6.82. The van der Waals surface area contributed by atoms with Crippen LogP contribution in [0.2, 0.25) is 0 Å².